The Labute approximate surface area is 120 Å². The van der Waals surface area contributed by atoms with Crippen molar-refractivity contribution in [2.75, 3.05) is 19.8 Å². The molecule has 0 amide bonds. The first-order valence-corrected chi connectivity index (χ1v) is 7.88. The Morgan fingerprint density at radius 2 is 2.10 bits per heavy atom. The molecule has 0 unspecified atom stereocenters. The van der Waals surface area contributed by atoms with Crippen molar-refractivity contribution in [3.05, 3.63) is 35.6 Å². The maximum atomic E-state index is 13.1. The zero-order valence-corrected chi connectivity index (χ0v) is 12.0. The van der Waals surface area contributed by atoms with E-state index in [-0.39, 0.29) is 5.82 Å². The van der Waals surface area contributed by atoms with Gasteiger partial charge in [0.25, 0.3) is 0 Å². The molecule has 2 fully saturated rings. The van der Waals surface area contributed by atoms with Crippen LogP contribution < -0.4 is 5.32 Å². The molecular weight excluding hydrogens is 253 g/mol. The molecule has 20 heavy (non-hydrogen) atoms. The van der Waals surface area contributed by atoms with Crippen LogP contribution in [0.4, 0.5) is 4.39 Å². The van der Waals surface area contributed by atoms with Crippen LogP contribution in [0, 0.1) is 11.7 Å². The highest BCUT2D eigenvalue weighted by Gasteiger charge is 2.29. The van der Waals surface area contributed by atoms with Gasteiger partial charge in [-0.1, -0.05) is 12.1 Å². The Bertz CT molecular complexity index is 427. The van der Waals surface area contributed by atoms with Gasteiger partial charge in [-0.3, -0.25) is 0 Å². The van der Waals surface area contributed by atoms with Gasteiger partial charge in [-0.25, -0.2) is 4.39 Å². The molecule has 0 heterocycles. The molecule has 1 aromatic rings. The smallest absolute Gasteiger partial charge is 0.123 e. The fraction of sp³-hybridized carbons (Fsp3) is 0.647. The van der Waals surface area contributed by atoms with Gasteiger partial charge in [0.05, 0.1) is 0 Å². The molecule has 3 rings (SSSR count). The standard InChI is InChI=1S/C17H24FNO/c18-16-4-1-3-14(9-16)15-10-17(11-15)19-7-2-8-20-12-13-5-6-13/h1,3-4,9,13,15,17,19H,2,5-8,10-12H2. The summed E-state index contributed by atoms with van der Waals surface area (Å²) in [6, 6.07) is 7.64. The lowest BCUT2D eigenvalue weighted by Gasteiger charge is -2.36. The number of hydrogen-bond acceptors (Lipinski definition) is 2. The lowest BCUT2D eigenvalue weighted by molar-refractivity contribution is 0.120. The summed E-state index contributed by atoms with van der Waals surface area (Å²) < 4.78 is 18.8. The summed E-state index contributed by atoms with van der Waals surface area (Å²) in [6.07, 6.45) is 6.08. The molecule has 1 N–H and O–H groups in total. The maximum absolute atomic E-state index is 13.1. The molecule has 0 spiro atoms. The molecule has 0 saturated heterocycles. The van der Waals surface area contributed by atoms with E-state index in [1.807, 2.05) is 12.1 Å². The monoisotopic (exact) mass is 277 g/mol. The van der Waals surface area contributed by atoms with Crippen LogP contribution in [0.3, 0.4) is 0 Å². The van der Waals surface area contributed by atoms with Gasteiger partial charge in [0, 0.05) is 19.3 Å². The molecule has 2 aliphatic carbocycles. The van der Waals surface area contributed by atoms with Crippen molar-refractivity contribution in [1.82, 2.24) is 5.32 Å². The first kappa shape index (κ1) is 14.0. The quantitative estimate of drug-likeness (QED) is 0.735. The highest BCUT2D eigenvalue weighted by atomic mass is 19.1. The van der Waals surface area contributed by atoms with Gasteiger partial charge in [-0.2, -0.15) is 0 Å². The van der Waals surface area contributed by atoms with Crippen molar-refractivity contribution in [2.24, 2.45) is 5.92 Å². The van der Waals surface area contributed by atoms with E-state index in [0.29, 0.717) is 12.0 Å². The Hall–Kier alpha value is -0.930. The number of rotatable bonds is 8. The van der Waals surface area contributed by atoms with Crippen molar-refractivity contribution in [3.63, 3.8) is 0 Å². The third kappa shape index (κ3) is 4.03. The van der Waals surface area contributed by atoms with Gasteiger partial charge in [-0.05, 0) is 68.2 Å². The predicted molar refractivity (Wildman–Crippen MR) is 78.3 cm³/mol. The van der Waals surface area contributed by atoms with E-state index in [4.69, 9.17) is 4.74 Å². The van der Waals surface area contributed by atoms with Crippen molar-refractivity contribution in [1.29, 1.82) is 0 Å². The Morgan fingerprint density at radius 3 is 2.85 bits per heavy atom. The first-order chi connectivity index (χ1) is 9.81. The van der Waals surface area contributed by atoms with Crippen LogP contribution >= 0.6 is 0 Å². The molecule has 0 aliphatic heterocycles. The lowest BCUT2D eigenvalue weighted by atomic mass is 9.76. The van der Waals surface area contributed by atoms with Crippen molar-refractivity contribution in [3.8, 4) is 0 Å². The summed E-state index contributed by atoms with van der Waals surface area (Å²) in [5.41, 5.74) is 1.15. The third-order valence-electron chi connectivity index (χ3n) is 4.41. The minimum Gasteiger partial charge on any atom is -0.381 e. The third-order valence-corrected chi connectivity index (χ3v) is 4.41. The van der Waals surface area contributed by atoms with E-state index in [1.165, 1.54) is 18.9 Å². The van der Waals surface area contributed by atoms with E-state index in [1.54, 1.807) is 6.07 Å². The van der Waals surface area contributed by atoms with Crippen LogP contribution in [0.1, 0.15) is 43.6 Å². The maximum Gasteiger partial charge on any atom is 0.123 e. The van der Waals surface area contributed by atoms with E-state index in [9.17, 15) is 4.39 Å². The molecule has 3 heteroatoms. The van der Waals surface area contributed by atoms with Gasteiger partial charge in [0.15, 0.2) is 0 Å². The summed E-state index contributed by atoms with van der Waals surface area (Å²) in [6.45, 7) is 2.87. The van der Waals surface area contributed by atoms with E-state index in [2.05, 4.69) is 5.32 Å². The number of halogens is 1. The molecule has 0 radical (unpaired) electrons. The van der Waals surface area contributed by atoms with E-state index < -0.39 is 0 Å². The largest absolute Gasteiger partial charge is 0.381 e. The highest BCUT2D eigenvalue weighted by molar-refractivity contribution is 5.23. The van der Waals surface area contributed by atoms with Gasteiger partial charge in [0.2, 0.25) is 0 Å². The van der Waals surface area contributed by atoms with Crippen LogP contribution in [0.2, 0.25) is 0 Å². The topological polar surface area (TPSA) is 21.3 Å². The second-order valence-corrected chi connectivity index (χ2v) is 6.25. The van der Waals surface area contributed by atoms with Crippen LogP contribution in [0.15, 0.2) is 24.3 Å². The number of ether oxygens (including phenoxy) is 1. The van der Waals surface area contributed by atoms with Crippen molar-refractivity contribution >= 4 is 0 Å². The van der Waals surface area contributed by atoms with Crippen LogP contribution in [-0.4, -0.2) is 25.8 Å². The summed E-state index contributed by atoms with van der Waals surface area (Å²) in [4.78, 5) is 0. The fourth-order valence-electron chi connectivity index (χ4n) is 2.83. The van der Waals surface area contributed by atoms with Gasteiger partial charge >= 0.3 is 0 Å². The Morgan fingerprint density at radius 1 is 1.25 bits per heavy atom. The Balaban J connectivity index is 1.24. The van der Waals surface area contributed by atoms with Crippen LogP contribution in [0.5, 0.6) is 0 Å². The normalized spacial score (nSPS) is 25.4. The summed E-state index contributed by atoms with van der Waals surface area (Å²) in [7, 11) is 0. The van der Waals surface area contributed by atoms with Crippen LogP contribution in [-0.2, 0) is 4.74 Å². The molecule has 0 bridgehead atoms. The molecule has 2 aliphatic rings. The summed E-state index contributed by atoms with van der Waals surface area (Å²) >= 11 is 0. The molecule has 1 aromatic carbocycles. The minimum absolute atomic E-state index is 0.119. The minimum atomic E-state index is -0.119. The SMILES string of the molecule is Fc1cccc(C2CC(NCCCOCC3CC3)C2)c1. The second kappa shape index (κ2) is 6.68. The average molecular weight is 277 g/mol. The van der Waals surface area contributed by atoms with Gasteiger partial charge in [-0.15, -0.1) is 0 Å². The zero-order valence-electron chi connectivity index (χ0n) is 12.0. The van der Waals surface area contributed by atoms with Gasteiger partial charge in [0.1, 0.15) is 5.82 Å². The Kier molecular flexibility index (Phi) is 4.69. The highest BCUT2D eigenvalue weighted by Crippen LogP contribution is 2.36. The number of hydrogen-bond donors (Lipinski definition) is 1. The molecular formula is C17H24FNO. The lowest BCUT2D eigenvalue weighted by Crippen LogP contribution is -2.40. The van der Waals surface area contributed by atoms with Gasteiger partial charge < -0.3 is 10.1 Å². The molecule has 2 nitrogen and oxygen atoms in total. The number of benzene rings is 1. The predicted octanol–water partition coefficient (Wildman–Crippen LogP) is 3.48. The molecule has 2 saturated carbocycles. The summed E-state index contributed by atoms with van der Waals surface area (Å²) in [5.74, 6) is 1.28. The first-order valence-electron chi connectivity index (χ1n) is 7.88. The second-order valence-electron chi connectivity index (χ2n) is 6.25. The fourth-order valence-corrected chi connectivity index (χ4v) is 2.83. The van der Waals surface area contributed by atoms with Crippen molar-refractivity contribution in [2.45, 2.75) is 44.1 Å². The van der Waals surface area contributed by atoms with Crippen LogP contribution in [0.25, 0.3) is 0 Å². The molecule has 0 atom stereocenters. The molecule has 0 aromatic heterocycles. The average Bonchev–Trinajstić information content (AvgIpc) is 3.19. The summed E-state index contributed by atoms with van der Waals surface area (Å²) in [5, 5.41) is 3.56. The number of nitrogens with one attached hydrogen (secondary N) is 1. The zero-order chi connectivity index (χ0) is 13.8. The van der Waals surface area contributed by atoms with Crippen molar-refractivity contribution < 1.29 is 9.13 Å². The van der Waals surface area contributed by atoms with E-state index >= 15 is 0 Å². The molecule has 110 valence electrons. The van der Waals surface area contributed by atoms with E-state index in [0.717, 1.165) is 50.5 Å².